The minimum atomic E-state index is -11.5. The molecular weight excluding hydrogens is 1530 g/mol. The van der Waals surface area contributed by atoms with Crippen LogP contribution in [0.5, 0.6) is 0 Å². The van der Waals surface area contributed by atoms with E-state index < -0.39 is 181 Å². The van der Waals surface area contributed by atoms with Gasteiger partial charge in [0.1, 0.15) is 0 Å². The van der Waals surface area contributed by atoms with E-state index in [4.69, 9.17) is 4.89 Å². The molecule has 65 heteroatoms. The summed E-state index contributed by atoms with van der Waals surface area (Å²) in [4.78, 5) is 8.98. The first kappa shape index (κ1) is 85.3. The molecule has 0 saturated carbocycles. The first-order chi connectivity index (χ1) is 37.1. The van der Waals surface area contributed by atoms with Crippen LogP contribution in [-0.2, 0) is 34.4 Å². The molecule has 0 spiro atoms. The van der Waals surface area contributed by atoms with Crippen LogP contribution in [-0.4, -0.2) is 174 Å². The second kappa shape index (κ2) is 21.1. The average Bonchev–Trinajstić information content (AvgIpc) is 3.21. The smallest absolute Gasteiger partial charge is 0.302 e. The van der Waals surface area contributed by atoms with E-state index in [0.29, 0.717) is 9.05 Å². The van der Waals surface area contributed by atoms with Crippen LogP contribution in [0.1, 0.15) is 0 Å². The zero-order valence-electron chi connectivity index (χ0n) is 37.1. The molecule has 0 aromatic carbocycles. The van der Waals surface area contributed by atoms with Gasteiger partial charge in [0.15, 0.2) is 0 Å². The lowest BCUT2D eigenvalue weighted by Gasteiger charge is -2.49. The minimum absolute atomic E-state index is 0.573. The predicted octanol–water partition coefficient (Wildman–Crippen LogP) is 15.0. The van der Waals surface area contributed by atoms with Gasteiger partial charge < -0.3 is 4.89 Å². The van der Waals surface area contributed by atoms with Gasteiger partial charge in [-0.15, -0.1) is 0 Å². The van der Waals surface area contributed by atoms with Crippen molar-refractivity contribution in [3.05, 3.63) is 0 Å². The standard InChI is InChI=1S/C24HF52N2O8PS2/c25-1(26,5(33,34)9(41,42)13(49,50)17(55,56)57)3(29,30)7(37,38)11(45,46)15(53,77(88(75,81)82)21(67,68)19(61,62)63)23(71,72)85-87(79,80)86-24(73,74)16(54,78(89(76,83)84)22(69,70)20(64,65)66)12(47,48)8(39,40)4(31,32)2(27,28)6(35,36)10(43,44)14(51,52)18(58,59)60/h(H,79,80). The molecule has 0 aromatic rings. The fourth-order valence-electron chi connectivity index (χ4n) is 5.22. The summed E-state index contributed by atoms with van der Waals surface area (Å²) in [6.45, 7) is 0. The summed E-state index contributed by atoms with van der Waals surface area (Å²) in [5.74, 6) is -171. The lowest BCUT2D eigenvalue weighted by Crippen LogP contribution is -2.82. The molecule has 10 nitrogen and oxygen atoms in total. The highest BCUT2D eigenvalue weighted by molar-refractivity contribution is 7.84. The van der Waals surface area contributed by atoms with Crippen LogP contribution in [0, 0.1) is 0 Å². The number of alkyl halides is 50. The monoisotopic (exact) mass is 1530 g/mol. The van der Waals surface area contributed by atoms with Crippen LogP contribution < -0.4 is 0 Å². The van der Waals surface area contributed by atoms with Crippen LogP contribution in [0.15, 0.2) is 0 Å². The molecule has 0 fully saturated rings. The Hall–Kier alpha value is -3.71. The summed E-state index contributed by atoms with van der Waals surface area (Å²) in [6, 6.07) is -20.2. The molecule has 0 heterocycles. The molecule has 0 aromatic heterocycles. The Kier molecular flexibility index (Phi) is 20.3. The summed E-state index contributed by atoms with van der Waals surface area (Å²) in [7, 11) is -33.0. The number of halogens is 52. The van der Waals surface area contributed by atoms with Crippen molar-refractivity contribution < 1.29 is 263 Å². The van der Waals surface area contributed by atoms with Gasteiger partial charge in [-0.25, -0.2) is 22.4 Å². The second-order valence-corrected chi connectivity index (χ2v) is 19.1. The number of nitrogens with zero attached hydrogens (tertiary/aromatic N) is 2. The molecule has 2 unspecified atom stereocenters. The fraction of sp³-hybridized carbons (Fsp3) is 1.00. The second-order valence-electron chi connectivity index (χ2n) is 15.5. The normalized spacial score (nSPS) is 19.0. The molecule has 1 N–H and O–H groups in total. The summed E-state index contributed by atoms with van der Waals surface area (Å²) in [6.07, 6.45) is -58.4. The maximum absolute atomic E-state index is 16.0. The van der Waals surface area contributed by atoms with Crippen LogP contribution in [0.2, 0.25) is 0 Å². The van der Waals surface area contributed by atoms with E-state index in [9.17, 15) is 205 Å². The summed E-state index contributed by atoms with van der Waals surface area (Å²) >= 11 is 0. The Balaban J connectivity index is 9.89. The highest BCUT2D eigenvalue weighted by Crippen LogP contribution is 2.73. The van der Waals surface area contributed by atoms with Crippen molar-refractivity contribution in [3.8, 4) is 0 Å². The highest BCUT2D eigenvalue weighted by Gasteiger charge is 3.03. The number of hydrogen-bond acceptors (Lipinski definition) is 7. The topological polar surface area (TPSA) is 131 Å². The third-order valence-corrected chi connectivity index (χ3v) is 12.4. The van der Waals surface area contributed by atoms with Gasteiger partial charge in [0.05, 0.1) is 0 Å². The van der Waals surface area contributed by atoms with Crippen LogP contribution in [0.4, 0.5) is 227 Å². The lowest BCUT2D eigenvalue weighted by molar-refractivity contribution is -0.490. The van der Waals surface area contributed by atoms with Crippen molar-refractivity contribution in [2.24, 2.45) is 0 Å². The molecule has 0 bridgehead atoms. The molecular formula is C24HF52N2O8PS2. The molecule has 0 rings (SSSR count). The van der Waals surface area contributed by atoms with Gasteiger partial charge in [-0.1, -0.05) is 16.4 Å². The number of hydrogen-bond donors (Lipinski definition) is 1. The van der Waals surface area contributed by atoms with Gasteiger partial charge in [-0.3, -0.25) is 0 Å². The van der Waals surface area contributed by atoms with E-state index in [0.717, 1.165) is 0 Å². The Bertz CT molecular complexity index is 2700. The van der Waals surface area contributed by atoms with Gasteiger partial charge in [-0.2, -0.15) is 228 Å². The maximum Gasteiger partial charge on any atom is 0.482 e. The zero-order chi connectivity index (χ0) is 74.1. The van der Waals surface area contributed by atoms with E-state index in [1.807, 2.05) is 0 Å². The first-order valence-electron chi connectivity index (χ1n) is 17.8. The van der Waals surface area contributed by atoms with E-state index >= 15 is 43.9 Å². The van der Waals surface area contributed by atoms with Gasteiger partial charge >= 0.3 is 172 Å². The molecule has 0 aliphatic heterocycles. The molecule has 2 atom stereocenters. The van der Waals surface area contributed by atoms with Crippen LogP contribution >= 0.6 is 7.82 Å². The van der Waals surface area contributed by atoms with Crippen LogP contribution in [0.3, 0.4) is 0 Å². The van der Waals surface area contributed by atoms with Crippen molar-refractivity contribution in [3.63, 3.8) is 0 Å². The summed E-state index contributed by atoms with van der Waals surface area (Å²) < 4.78 is 775. The Labute approximate surface area is 444 Å². The lowest BCUT2D eigenvalue weighted by atomic mass is 9.86. The summed E-state index contributed by atoms with van der Waals surface area (Å²) in [5, 5.41) is 0. The minimum Gasteiger partial charge on any atom is -0.302 e. The van der Waals surface area contributed by atoms with Gasteiger partial charge in [-0.05, 0) is 0 Å². The van der Waals surface area contributed by atoms with Gasteiger partial charge in [0.25, 0.3) is 0 Å². The molecule has 0 amide bonds. The molecule has 0 aliphatic carbocycles. The third kappa shape index (κ3) is 11.3. The largest absolute Gasteiger partial charge is 0.482 e. The number of rotatable bonds is 26. The Morgan fingerprint density at radius 3 is 0.506 bits per heavy atom. The van der Waals surface area contributed by atoms with E-state index in [2.05, 4.69) is 0 Å². The van der Waals surface area contributed by atoms with E-state index in [1.54, 1.807) is 0 Å². The van der Waals surface area contributed by atoms with Crippen molar-refractivity contribution in [1.82, 2.24) is 8.61 Å². The van der Waals surface area contributed by atoms with E-state index in [1.165, 1.54) is 0 Å². The molecule has 0 saturated heterocycles. The Morgan fingerprint density at radius 2 is 0.382 bits per heavy atom. The Morgan fingerprint density at radius 1 is 0.247 bits per heavy atom. The fourth-order valence-corrected chi connectivity index (χ4v) is 7.88. The highest BCUT2D eigenvalue weighted by atomic mass is 32.3. The summed E-state index contributed by atoms with van der Waals surface area (Å²) in [5.41, 5.74) is 0. The predicted molar refractivity (Wildman–Crippen MR) is 157 cm³/mol. The average molecular weight is 1530 g/mol. The quantitative estimate of drug-likeness (QED) is 0.0392. The van der Waals surface area contributed by atoms with Crippen molar-refractivity contribution in [2.75, 3.05) is 0 Å². The molecule has 0 aliphatic rings. The van der Waals surface area contributed by atoms with Crippen molar-refractivity contribution >= 4 is 28.6 Å². The maximum atomic E-state index is 16.0. The van der Waals surface area contributed by atoms with Gasteiger partial charge in [0.2, 0.25) is 0 Å². The van der Waals surface area contributed by atoms with Crippen molar-refractivity contribution in [2.45, 2.75) is 144 Å². The van der Waals surface area contributed by atoms with E-state index in [-0.39, 0.29) is 0 Å². The number of phosphoric acid groups is 1. The SMILES string of the molecule is O=P(O)(OC(F)(F)C(F)(N(C(F)(F)C(F)(F)F)S(=O)(=O)F)C(F)(F)C(F)(F)C(F)(F)C(F)(F)C(F)(F)C(F)(F)C(F)(F)C(F)(F)F)OC(F)(F)C(F)(N(C(F)(F)C(F)(F)F)S(=O)(=O)F)C(F)(F)C(F)(F)C(F)(F)C(F)(F)C(F)(F)C(F)(F)C(F)(F)C(F)(F)F. The van der Waals surface area contributed by atoms with Gasteiger partial charge in [0, 0.05) is 0 Å². The molecule has 536 valence electrons. The molecule has 0 radical (unpaired) electrons. The zero-order valence-corrected chi connectivity index (χ0v) is 39.6. The third-order valence-electron chi connectivity index (χ3n) is 9.70. The first-order valence-corrected chi connectivity index (χ1v) is 22.0. The van der Waals surface area contributed by atoms with Crippen molar-refractivity contribution in [1.29, 1.82) is 0 Å². The molecule has 89 heavy (non-hydrogen) atoms. The van der Waals surface area contributed by atoms with Crippen LogP contribution in [0.25, 0.3) is 0 Å². The number of phosphoric ester groups is 1.